The van der Waals surface area contributed by atoms with Crippen LogP contribution in [-0.2, 0) is 4.57 Å². The van der Waals surface area contributed by atoms with Crippen LogP contribution in [-0.4, -0.2) is 9.79 Å². The van der Waals surface area contributed by atoms with Crippen molar-refractivity contribution in [3.05, 3.63) is 30.3 Å². The zero-order valence-electron chi connectivity index (χ0n) is 6.54. The molecule has 0 amide bonds. The topological polar surface area (TPSA) is 70.7 Å². The van der Waals surface area contributed by atoms with Gasteiger partial charge in [-0.15, -0.1) is 0 Å². The Kier molecular flexibility index (Phi) is 1.77. The first-order chi connectivity index (χ1) is 6.07. The van der Waals surface area contributed by atoms with E-state index in [1.165, 1.54) is 6.07 Å². The van der Waals surface area contributed by atoms with Gasteiger partial charge in [-0.25, -0.2) is 0 Å². The largest absolute Gasteiger partial charge is 0.448 e. The minimum Gasteiger partial charge on any atom is -0.448 e. The molecule has 0 saturated carbocycles. The molecule has 5 heteroatoms. The second kappa shape index (κ2) is 2.70. The molecule has 0 aliphatic carbocycles. The van der Waals surface area contributed by atoms with Gasteiger partial charge in [-0.2, -0.15) is 0 Å². The maximum absolute atomic E-state index is 10.8. The highest BCUT2D eigenvalue weighted by Gasteiger charge is 2.22. The fraction of sp³-hybridized carbons (Fsp3) is 0. The second-order valence-electron chi connectivity index (χ2n) is 2.67. The van der Waals surface area contributed by atoms with Gasteiger partial charge in [0.05, 0.1) is 0 Å². The van der Waals surface area contributed by atoms with Gasteiger partial charge in [-0.1, -0.05) is 18.2 Å². The van der Waals surface area contributed by atoms with Crippen LogP contribution in [0.25, 0.3) is 11.0 Å². The quantitative estimate of drug-likeness (QED) is 0.676. The van der Waals surface area contributed by atoms with Crippen molar-refractivity contribution in [2.75, 3.05) is 0 Å². The van der Waals surface area contributed by atoms with Crippen LogP contribution in [0.15, 0.2) is 34.7 Å². The first kappa shape index (κ1) is 8.51. The average Bonchev–Trinajstić information content (AvgIpc) is 2.45. The fourth-order valence-electron chi connectivity index (χ4n) is 1.11. The lowest BCUT2D eigenvalue weighted by atomic mass is 10.3. The summed E-state index contributed by atoms with van der Waals surface area (Å²) in [5.74, 6) is 0. The zero-order chi connectivity index (χ0) is 9.47. The highest BCUT2D eigenvalue weighted by Crippen LogP contribution is 2.35. The summed E-state index contributed by atoms with van der Waals surface area (Å²) in [6, 6.07) is 8.28. The highest BCUT2D eigenvalue weighted by atomic mass is 31.2. The lowest BCUT2D eigenvalue weighted by molar-refractivity contribution is 0.378. The van der Waals surface area contributed by atoms with Crippen molar-refractivity contribution in [2.45, 2.75) is 0 Å². The molecule has 1 aromatic heterocycles. The van der Waals surface area contributed by atoms with Gasteiger partial charge < -0.3 is 14.2 Å². The Labute approximate surface area is 74.0 Å². The van der Waals surface area contributed by atoms with Crippen LogP contribution >= 0.6 is 7.60 Å². The Morgan fingerprint density at radius 1 is 1.23 bits per heavy atom. The minimum absolute atomic E-state index is 0.284. The van der Waals surface area contributed by atoms with Crippen molar-refractivity contribution in [3.63, 3.8) is 0 Å². The van der Waals surface area contributed by atoms with Crippen LogP contribution in [0.2, 0.25) is 0 Å². The third-order valence-corrected chi connectivity index (χ3v) is 2.49. The molecule has 0 spiro atoms. The molecule has 1 heterocycles. The Morgan fingerprint density at radius 2 is 1.92 bits per heavy atom. The number of hydrogen-bond donors (Lipinski definition) is 2. The van der Waals surface area contributed by atoms with Crippen LogP contribution < -0.4 is 5.50 Å². The molecule has 0 atom stereocenters. The first-order valence-corrected chi connectivity index (χ1v) is 5.23. The number of para-hydroxylation sites is 1. The number of rotatable bonds is 1. The monoisotopic (exact) mass is 198 g/mol. The Morgan fingerprint density at radius 3 is 2.54 bits per heavy atom. The normalized spacial score (nSPS) is 12.2. The number of furan rings is 1. The summed E-state index contributed by atoms with van der Waals surface area (Å²) >= 11 is 0. The molecule has 1 aromatic carbocycles. The standard InChI is InChI=1S/C8H7O4P/c9-13(10,11)8-5-6-3-1-2-4-7(6)12-8/h1-5H,(H2,9,10,11). The molecule has 0 unspecified atom stereocenters. The van der Waals surface area contributed by atoms with E-state index in [1.807, 2.05) is 0 Å². The van der Waals surface area contributed by atoms with Crippen molar-refractivity contribution in [1.29, 1.82) is 0 Å². The molecule has 0 aliphatic heterocycles. The van der Waals surface area contributed by atoms with Gasteiger partial charge in [-0.05, 0) is 6.07 Å². The highest BCUT2D eigenvalue weighted by molar-refractivity contribution is 7.59. The predicted octanol–water partition coefficient (Wildman–Crippen LogP) is 1.24. The van der Waals surface area contributed by atoms with E-state index < -0.39 is 7.60 Å². The van der Waals surface area contributed by atoms with E-state index in [4.69, 9.17) is 14.2 Å². The van der Waals surface area contributed by atoms with Crippen molar-refractivity contribution in [2.24, 2.45) is 0 Å². The van der Waals surface area contributed by atoms with E-state index in [0.717, 1.165) is 0 Å². The third-order valence-electron chi connectivity index (χ3n) is 1.70. The van der Waals surface area contributed by atoms with Crippen molar-refractivity contribution in [3.8, 4) is 0 Å². The summed E-state index contributed by atoms with van der Waals surface area (Å²) in [6.07, 6.45) is 0. The minimum atomic E-state index is -4.26. The summed E-state index contributed by atoms with van der Waals surface area (Å²) in [5.41, 5.74) is 0.203. The lowest BCUT2D eigenvalue weighted by Gasteiger charge is -1.95. The van der Waals surface area contributed by atoms with Crippen LogP contribution in [0.5, 0.6) is 0 Å². The predicted molar refractivity (Wildman–Crippen MR) is 47.9 cm³/mol. The molecule has 0 fully saturated rings. The molecule has 0 saturated heterocycles. The van der Waals surface area contributed by atoms with Crippen LogP contribution in [0.4, 0.5) is 0 Å². The van der Waals surface area contributed by atoms with E-state index >= 15 is 0 Å². The molecule has 13 heavy (non-hydrogen) atoms. The molecular weight excluding hydrogens is 191 g/mol. The maximum Gasteiger partial charge on any atom is 0.391 e. The maximum atomic E-state index is 10.8. The van der Waals surface area contributed by atoms with E-state index in [1.54, 1.807) is 24.3 Å². The van der Waals surface area contributed by atoms with Gasteiger partial charge in [-0.3, -0.25) is 4.57 Å². The van der Waals surface area contributed by atoms with Crippen molar-refractivity contribution in [1.82, 2.24) is 0 Å². The van der Waals surface area contributed by atoms with Crippen molar-refractivity contribution < 1.29 is 18.8 Å². The molecule has 2 aromatic rings. The summed E-state index contributed by atoms with van der Waals surface area (Å²) in [6.45, 7) is 0. The van der Waals surface area contributed by atoms with Gasteiger partial charge in [0.15, 0.2) is 0 Å². The fourth-order valence-corrected chi connectivity index (χ4v) is 1.64. The molecule has 4 nitrogen and oxygen atoms in total. The molecule has 0 bridgehead atoms. The number of fused-ring (bicyclic) bond motifs is 1. The van der Waals surface area contributed by atoms with Crippen LogP contribution in [0.3, 0.4) is 0 Å². The average molecular weight is 198 g/mol. The van der Waals surface area contributed by atoms with Gasteiger partial charge in [0.25, 0.3) is 0 Å². The van der Waals surface area contributed by atoms with E-state index in [2.05, 4.69) is 0 Å². The number of benzene rings is 1. The smallest absolute Gasteiger partial charge is 0.391 e. The SMILES string of the molecule is O=P(O)(O)c1cc2ccccc2o1. The second-order valence-corrected chi connectivity index (χ2v) is 4.20. The Hall–Kier alpha value is -1.09. The van der Waals surface area contributed by atoms with E-state index in [9.17, 15) is 4.57 Å². The molecule has 0 aliphatic rings. The van der Waals surface area contributed by atoms with Gasteiger partial charge in [0, 0.05) is 11.5 Å². The van der Waals surface area contributed by atoms with Gasteiger partial charge >= 0.3 is 7.60 Å². The first-order valence-electron chi connectivity index (χ1n) is 3.62. The van der Waals surface area contributed by atoms with Crippen LogP contribution in [0.1, 0.15) is 0 Å². The zero-order valence-corrected chi connectivity index (χ0v) is 7.44. The van der Waals surface area contributed by atoms with E-state index in [-0.39, 0.29) is 5.50 Å². The molecule has 0 radical (unpaired) electrons. The number of hydrogen-bond acceptors (Lipinski definition) is 2. The molecule has 2 N–H and O–H groups in total. The summed E-state index contributed by atoms with van der Waals surface area (Å²) < 4.78 is 15.8. The van der Waals surface area contributed by atoms with Crippen LogP contribution in [0, 0.1) is 0 Å². The van der Waals surface area contributed by atoms with Crippen molar-refractivity contribution >= 4 is 24.1 Å². The molecule has 2 rings (SSSR count). The third kappa shape index (κ3) is 1.52. The molecule has 68 valence electrons. The summed E-state index contributed by atoms with van der Waals surface area (Å²) in [7, 11) is -4.26. The molecular formula is C8H7O4P. The summed E-state index contributed by atoms with van der Waals surface area (Å²) in [5, 5.41) is 0.695. The van der Waals surface area contributed by atoms with Gasteiger partial charge in [0.2, 0.25) is 5.50 Å². The Balaban J connectivity index is 2.69. The van der Waals surface area contributed by atoms with Gasteiger partial charge in [0.1, 0.15) is 5.58 Å². The Bertz CT molecular complexity index is 449. The lowest BCUT2D eigenvalue weighted by Crippen LogP contribution is -1.97. The van der Waals surface area contributed by atoms with E-state index in [0.29, 0.717) is 11.0 Å². The summed E-state index contributed by atoms with van der Waals surface area (Å²) in [4.78, 5) is 17.6.